The highest BCUT2D eigenvalue weighted by atomic mass is 32.2. The lowest BCUT2D eigenvalue weighted by atomic mass is 9.98. The predicted octanol–water partition coefficient (Wildman–Crippen LogP) is 2.51. The van der Waals surface area contributed by atoms with E-state index in [1.165, 1.54) is 22.5 Å². The summed E-state index contributed by atoms with van der Waals surface area (Å²) in [6.45, 7) is 5.58. The summed E-state index contributed by atoms with van der Waals surface area (Å²) >= 11 is 0. The molecular weight excluding hydrogens is 356 g/mol. The van der Waals surface area contributed by atoms with Crippen LogP contribution in [0.1, 0.15) is 24.2 Å². The Labute approximate surface area is 152 Å². The molecule has 26 heavy (non-hydrogen) atoms. The molecule has 1 aliphatic heterocycles. The molecule has 0 atom stereocenters. The Morgan fingerprint density at radius 2 is 1.92 bits per heavy atom. The van der Waals surface area contributed by atoms with E-state index >= 15 is 0 Å². The maximum Gasteiger partial charge on any atom is 0.270 e. The summed E-state index contributed by atoms with van der Waals surface area (Å²) in [6.07, 6.45) is 1.49. The normalized spacial score (nSPS) is 16.7. The maximum absolute atomic E-state index is 12.8. The molecule has 1 aliphatic rings. The second kappa shape index (κ2) is 7.16. The summed E-state index contributed by atoms with van der Waals surface area (Å²) in [5, 5.41) is 15.4. The zero-order chi connectivity index (χ0) is 18.9. The highest BCUT2D eigenvalue weighted by Crippen LogP contribution is 2.26. The van der Waals surface area contributed by atoms with Crippen molar-refractivity contribution in [3.05, 3.63) is 51.8 Å². The Morgan fingerprint density at radius 3 is 2.50 bits per heavy atom. The summed E-state index contributed by atoms with van der Waals surface area (Å²) < 4.78 is 28.9. The van der Waals surface area contributed by atoms with Crippen LogP contribution in [0.15, 0.2) is 35.2 Å². The number of sulfonamides is 1. The van der Waals surface area contributed by atoms with Gasteiger partial charge >= 0.3 is 0 Å². The third-order valence-electron chi connectivity index (χ3n) is 4.77. The van der Waals surface area contributed by atoms with Crippen molar-refractivity contribution in [2.24, 2.45) is 5.92 Å². The van der Waals surface area contributed by atoms with Gasteiger partial charge in [-0.3, -0.25) is 14.8 Å². The minimum absolute atomic E-state index is 0.0244. The van der Waals surface area contributed by atoms with Gasteiger partial charge in [-0.1, -0.05) is 6.07 Å². The molecule has 0 amide bonds. The number of hydrogen-bond acceptors (Lipinski definition) is 5. The molecule has 3 rings (SSSR count). The largest absolute Gasteiger partial charge is 0.270 e. The average Bonchev–Trinajstić information content (AvgIpc) is 2.92. The van der Waals surface area contributed by atoms with E-state index in [1.54, 1.807) is 0 Å². The molecule has 0 bridgehead atoms. The van der Waals surface area contributed by atoms with Gasteiger partial charge < -0.3 is 0 Å². The van der Waals surface area contributed by atoms with E-state index in [0.29, 0.717) is 19.0 Å². The van der Waals surface area contributed by atoms with Gasteiger partial charge in [0.2, 0.25) is 10.0 Å². The highest BCUT2D eigenvalue weighted by molar-refractivity contribution is 7.89. The van der Waals surface area contributed by atoms with Crippen molar-refractivity contribution in [2.45, 2.75) is 38.1 Å². The zero-order valence-corrected chi connectivity index (χ0v) is 15.6. The molecule has 2 heterocycles. The van der Waals surface area contributed by atoms with E-state index < -0.39 is 14.9 Å². The molecule has 1 fully saturated rings. The molecule has 1 saturated heterocycles. The fourth-order valence-corrected chi connectivity index (χ4v) is 4.85. The quantitative estimate of drug-likeness (QED) is 0.588. The molecule has 8 nitrogen and oxygen atoms in total. The van der Waals surface area contributed by atoms with Gasteiger partial charge in [-0.25, -0.2) is 8.42 Å². The number of aryl methyl sites for hydroxylation is 2. The van der Waals surface area contributed by atoms with Gasteiger partial charge in [-0.15, -0.1) is 0 Å². The first-order chi connectivity index (χ1) is 12.3. The predicted molar refractivity (Wildman–Crippen MR) is 96.3 cm³/mol. The molecule has 0 aliphatic carbocycles. The fourth-order valence-electron chi connectivity index (χ4n) is 3.34. The number of non-ortho nitro benzene ring substituents is 1. The van der Waals surface area contributed by atoms with Gasteiger partial charge in [0, 0.05) is 37.5 Å². The van der Waals surface area contributed by atoms with Crippen LogP contribution in [0.2, 0.25) is 0 Å². The van der Waals surface area contributed by atoms with Crippen LogP contribution >= 0.6 is 0 Å². The lowest BCUT2D eigenvalue weighted by Gasteiger charge is -2.31. The van der Waals surface area contributed by atoms with Crippen molar-refractivity contribution < 1.29 is 13.3 Å². The minimum atomic E-state index is -3.71. The van der Waals surface area contributed by atoms with Crippen LogP contribution in [0, 0.1) is 29.9 Å². The smallest absolute Gasteiger partial charge is 0.269 e. The van der Waals surface area contributed by atoms with Crippen molar-refractivity contribution in [3.8, 4) is 0 Å². The summed E-state index contributed by atoms with van der Waals surface area (Å²) in [4.78, 5) is 10.3. The standard InChI is InChI=1S/C17H22N4O4S/c1-13-10-14(2)20(18-13)12-15-6-8-19(9-7-15)26(24,25)17-5-3-4-16(11-17)21(22)23/h3-5,10-11,15H,6-9,12H2,1-2H3. The van der Waals surface area contributed by atoms with E-state index in [4.69, 9.17) is 0 Å². The van der Waals surface area contributed by atoms with Crippen molar-refractivity contribution in [1.29, 1.82) is 0 Å². The van der Waals surface area contributed by atoms with Gasteiger partial charge in [-0.2, -0.15) is 9.40 Å². The van der Waals surface area contributed by atoms with Crippen molar-refractivity contribution in [3.63, 3.8) is 0 Å². The Bertz CT molecular complexity index is 915. The Kier molecular flexibility index (Phi) is 5.10. The number of piperidine rings is 1. The van der Waals surface area contributed by atoms with Crippen LogP contribution in [-0.2, 0) is 16.6 Å². The SMILES string of the molecule is Cc1cc(C)n(CC2CCN(S(=O)(=O)c3cccc([N+](=O)[O-])c3)CC2)n1. The van der Waals surface area contributed by atoms with Crippen molar-refractivity contribution in [1.82, 2.24) is 14.1 Å². The summed E-state index contributed by atoms with van der Waals surface area (Å²) in [5.74, 6) is 0.365. The third-order valence-corrected chi connectivity index (χ3v) is 6.67. The minimum Gasteiger partial charge on any atom is -0.269 e. The van der Waals surface area contributed by atoms with Gasteiger partial charge in [0.15, 0.2) is 0 Å². The van der Waals surface area contributed by atoms with Crippen LogP contribution < -0.4 is 0 Å². The van der Waals surface area contributed by atoms with E-state index in [0.717, 1.165) is 36.8 Å². The highest BCUT2D eigenvalue weighted by Gasteiger charge is 2.30. The Hall–Kier alpha value is -2.26. The molecule has 0 radical (unpaired) electrons. The van der Waals surface area contributed by atoms with Crippen LogP contribution in [0.4, 0.5) is 5.69 Å². The summed E-state index contributed by atoms with van der Waals surface area (Å²) in [6, 6.07) is 7.25. The molecule has 0 spiro atoms. The first kappa shape index (κ1) is 18.5. The van der Waals surface area contributed by atoms with Crippen LogP contribution in [0.25, 0.3) is 0 Å². The second-order valence-corrected chi connectivity index (χ2v) is 8.65. The number of nitro groups is 1. The maximum atomic E-state index is 12.8. The molecule has 2 aromatic rings. The molecule has 0 saturated carbocycles. The molecule has 0 unspecified atom stereocenters. The number of rotatable bonds is 5. The van der Waals surface area contributed by atoms with Crippen molar-refractivity contribution in [2.75, 3.05) is 13.1 Å². The molecule has 1 aromatic heterocycles. The number of hydrogen-bond donors (Lipinski definition) is 0. The average molecular weight is 378 g/mol. The van der Waals surface area contributed by atoms with Crippen LogP contribution in [0.5, 0.6) is 0 Å². The van der Waals surface area contributed by atoms with E-state index in [2.05, 4.69) is 5.10 Å². The first-order valence-corrected chi connectivity index (χ1v) is 9.97. The Morgan fingerprint density at radius 1 is 1.23 bits per heavy atom. The summed E-state index contributed by atoms with van der Waals surface area (Å²) in [7, 11) is -3.71. The topological polar surface area (TPSA) is 98.3 Å². The Balaban J connectivity index is 1.68. The molecule has 1 aromatic carbocycles. The first-order valence-electron chi connectivity index (χ1n) is 8.53. The molecule has 140 valence electrons. The lowest BCUT2D eigenvalue weighted by Crippen LogP contribution is -2.39. The number of aromatic nitrogens is 2. The van der Waals surface area contributed by atoms with E-state index in [9.17, 15) is 18.5 Å². The zero-order valence-electron chi connectivity index (χ0n) is 14.8. The molecule has 0 N–H and O–H groups in total. The number of nitrogens with zero attached hydrogens (tertiary/aromatic N) is 4. The number of benzene rings is 1. The van der Waals surface area contributed by atoms with Crippen LogP contribution in [0.3, 0.4) is 0 Å². The monoisotopic (exact) mass is 378 g/mol. The molecular formula is C17H22N4O4S. The van der Waals surface area contributed by atoms with Gasteiger partial charge in [0.25, 0.3) is 5.69 Å². The van der Waals surface area contributed by atoms with Crippen molar-refractivity contribution >= 4 is 15.7 Å². The van der Waals surface area contributed by atoms with Crippen LogP contribution in [-0.4, -0.2) is 40.5 Å². The second-order valence-electron chi connectivity index (χ2n) is 6.71. The third kappa shape index (κ3) is 3.78. The summed E-state index contributed by atoms with van der Waals surface area (Å²) in [5.41, 5.74) is 1.87. The lowest BCUT2D eigenvalue weighted by molar-refractivity contribution is -0.385. The fraction of sp³-hybridized carbons (Fsp3) is 0.471. The van der Waals surface area contributed by atoms with Gasteiger partial charge in [0.05, 0.1) is 15.5 Å². The number of nitro benzene ring substituents is 1. The van der Waals surface area contributed by atoms with Gasteiger partial charge in [-0.05, 0) is 44.7 Å². The van der Waals surface area contributed by atoms with E-state index in [-0.39, 0.29) is 10.6 Å². The van der Waals surface area contributed by atoms with E-state index in [1.807, 2.05) is 24.6 Å². The van der Waals surface area contributed by atoms with Gasteiger partial charge in [0.1, 0.15) is 0 Å². The molecule has 9 heteroatoms.